The summed E-state index contributed by atoms with van der Waals surface area (Å²) in [6.07, 6.45) is 7.04. The highest BCUT2D eigenvalue weighted by atomic mass is 35.5. The van der Waals surface area contributed by atoms with E-state index in [0.29, 0.717) is 0 Å². The molecule has 2 aliphatic rings. The normalized spacial score (nSPS) is 28.2. The van der Waals surface area contributed by atoms with Crippen molar-refractivity contribution in [2.75, 3.05) is 13.1 Å². The fraction of sp³-hybridized carbons (Fsp3) is 1.00. The predicted molar refractivity (Wildman–Crippen MR) is 61.2 cm³/mol. The highest BCUT2D eigenvalue weighted by Crippen LogP contribution is 2.18. The van der Waals surface area contributed by atoms with Gasteiger partial charge in [-0.2, -0.15) is 0 Å². The second kappa shape index (κ2) is 6.88. The van der Waals surface area contributed by atoms with Crippen molar-refractivity contribution >= 4 is 24.8 Å². The van der Waals surface area contributed by atoms with Crippen LogP contribution in [0.4, 0.5) is 0 Å². The number of rotatable bonds is 2. The van der Waals surface area contributed by atoms with Gasteiger partial charge in [-0.1, -0.05) is 12.8 Å². The molecule has 2 rings (SSSR count). The molecule has 80 valence electrons. The zero-order valence-electron chi connectivity index (χ0n) is 7.92. The molecule has 1 aliphatic carbocycles. The number of hydrogen-bond acceptors (Lipinski definition) is 2. The molecular weight excluding hydrogens is 207 g/mol. The molecule has 1 atom stereocenters. The molecule has 0 unspecified atom stereocenters. The predicted octanol–water partition coefficient (Wildman–Crippen LogP) is 1.72. The minimum Gasteiger partial charge on any atom is -0.315 e. The van der Waals surface area contributed by atoms with Gasteiger partial charge in [0.05, 0.1) is 0 Å². The van der Waals surface area contributed by atoms with E-state index in [-0.39, 0.29) is 24.8 Å². The van der Waals surface area contributed by atoms with Gasteiger partial charge in [0.1, 0.15) is 0 Å². The smallest absolute Gasteiger partial charge is 0.0207 e. The molecule has 0 bridgehead atoms. The van der Waals surface area contributed by atoms with Crippen LogP contribution in [-0.4, -0.2) is 25.2 Å². The van der Waals surface area contributed by atoms with E-state index in [0.717, 1.165) is 12.1 Å². The molecule has 0 spiro atoms. The Kier molecular flexibility index (Phi) is 7.15. The second-order valence-electron chi connectivity index (χ2n) is 3.84. The van der Waals surface area contributed by atoms with Gasteiger partial charge in [-0.05, 0) is 25.8 Å². The Morgan fingerprint density at radius 2 is 1.62 bits per heavy atom. The molecule has 1 aliphatic heterocycles. The fourth-order valence-corrected chi connectivity index (χ4v) is 2.22. The Morgan fingerprint density at radius 3 is 2.15 bits per heavy atom. The van der Waals surface area contributed by atoms with Crippen LogP contribution >= 0.6 is 24.8 Å². The average molecular weight is 227 g/mol. The molecule has 0 radical (unpaired) electrons. The van der Waals surface area contributed by atoms with Gasteiger partial charge in [0, 0.05) is 18.6 Å². The summed E-state index contributed by atoms with van der Waals surface area (Å²) in [5.41, 5.74) is 0. The summed E-state index contributed by atoms with van der Waals surface area (Å²) in [6, 6.07) is 1.62. The molecule has 2 N–H and O–H groups in total. The molecule has 13 heavy (non-hydrogen) atoms. The summed E-state index contributed by atoms with van der Waals surface area (Å²) >= 11 is 0. The van der Waals surface area contributed by atoms with E-state index < -0.39 is 0 Å². The molecule has 0 aromatic rings. The van der Waals surface area contributed by atoms with Gasteiger partial charge < -0.3 is 10.6 Å². The summed E-state index contributed by atoms with van der Waals surface area (Å²) in [6.45, 7) is 2.40. The molecule has 1 saturated carbocycles. The maximum atomic E-state index is 3.72. The Morgan fingerprint density at radius 1 is 0.923 bits per heavy atom. The van der Waals surface area contributed by atoms with Crippen molar-refractivity contribution in [2.45, 2.75) is 44.2 Å². The number of hydrogen-bond donors (Lipinski definition) is 2. The molecular formula is C9H20Cl2N2. The van der Waals surface area contributed by atoms with Gasteiger partial charge in [-0.15, -0.1) is 24.8 Å². The Hall–Kier alpha value is 0.500. The Bertz CT molecular complexity index is 107. The van der Waals surface area contributed by atoms with Crippen LogP contribution in [0, 0.1) is 0 Å². The first-order valence-electron chi connectivity index (χ1n) is 4.92. The highest BCUT2D eigenvalue weighted by Gasteiger charge is 2.20. The highest BCUT2D eigenvalue weighted by molar-refractivity contribution is 5.85. The average Bonchev–Trinajstić information content (AvgIpc) is 2.60. The van der Waals surface area contributed by atoms with Gasteiger partial charge in [0.2, 0.25) is 0 Å². The van der Waals surface area contributed by atoms with E-state index in [1.54, 1.807) is 0 Å². The van der Waals surface area contributed by atoms with Crippen LogP contribution in [0.3, 0.4) is 0 Å². The molecule has 2 nitrogen and oxygen atoms in total. The van der Waals surface area contributed by atoms with Crippen molar-refractivity contribution < 1.29 is 0 Å². The lowest BCUT2D eigenvalue weighted by Gasteiger charge is -2.16. The van der Waals surface area contributed by atoms with E-state index in [1.807, 2.05) is 0 Å². The minimum absolute atomic E-state index is 0. The maximum absolute atomic E-state index is 3.72. The fourth-order valence-electron chi connectivity index (χ4n) is 2.22. The van der Waals surface area contributed by atoms with Crippen molar-refractivity contribution in [3.8, 4) is 0 Å². The zero-order chi connectivity index (χ0) is 7.52. The Balaban J connectivity index is 0.000000720. The first kappa shape index (κ1) is 13.5. The van der Waals surface area contributed by atoms with Crippen molar-refractivity contribution in [1.29, 1.82) is 0 Å². The van der Waals surface area contributed by atoms with E-state index >= 15 is 0 Å². The zero-order valence-corrected chi connectivity index (χ0v) is 9.55. The van der Waals surface area contributed by atoms with Crippen LogP contribution in [0.25, 0.3) is 0 Å². The van der Waals surface area contributed by atoms with Gasteiger partial charge in [-0.25, -0.2) is 0 Å². The van der Waals surface area contributed by atoms with E-state index in [9.17, 15) is 0 Å². The molecule has 0 aromatic carbocycles. The SMILES string of the molecule is C1CCC(N[C@H]2CCNC2)C1.Cl.Cl. The van der Waals surface area contributed by atoms with Crippen LogP contribution in [-0.2, 0) is 0 Å². The van der Waals surface area contributed by atoms with Crippen molar-refractivity contribution in [3.63, 3.8) is 0 Å². The van der Waals surface area contributed by atoms with Crippen LogP contribution < -0.4 is 10.6 Å². The quantitative estimate of drug-likeness (QED) is 0.750. The van der Waals surface area contributed by atoms with Crippen LogP contribution in [0.1, 0.15) is 32.1 Å². The van der Waals surface area contributed by atoms with E-state index in [1.165, 1.54) is 45.2 Å². The minimum atomic E-state index is 0. The molecule has 0 amide bonds. The summed E-state index contributed by atoms with van der Waals surface area (Å²) in [7, 11) is 0. The van der Waals surface area contributed by atoms with Gasteiger partial charge >= 0.3 is 0 Å². The Labute approximate surface area is 93.1 Å². The van der Waals surface area contributed by atoms with Crippen molar-refractivity contribution in [3.05, 3.63) is 0 Å². The lowest BCUT2D eigenvalue weighted by molar-refractivity contribution is 0.449. The van der Waals surface area contributed by atoms with Crippen molar-refractivity contribution in [2.24, 2.45) is 0 Å². The molecule has 1 heterocycles. The van der Waals surface area contributed by atoms with Crippen molar-refractivity contribution in [1.82, 2.24) is 10.6 Å². The monoisotopic (exact) mass is 226 g/mol. The first-order chi connectivity index (χ1) is 5.45. The lowest BCUT2D eigenvalue weighted by Crippen LogP contribution is -2.37. The third kappa shape index (κ3) is 4.03. The lowest BCUT2D eigenvalue weighted by atomic mass is 10.2. The van der Waals surface area contributed by atoms with Crippen LogP contribution in [0.15, 0.2) is 0 Å². The van der Waals surface area contributed by atoms with Gasteiger partial charge in [0.15, 0.2) is 0 Å². The summed E-state index contributed by atoms with van der Waals surface area (Å²) in [5, 5.41) is 7.10. The summed E-state index contributed by atoms with van der Waals surface area (Å²) in [4.78, 5) is 0. The van der Waals surface area contributed by atoms with Crippen LogP contribution in [0.2, 0.25) is 0 Å². The van der Waals surface area contributed by atoms with E-state index in [4.69, 9.17) is 0 Å². The molecule has 1 saturated heterocycles. The first-order valence-corrected chi connectivity index (χ1v) is 4.92. The third-order valence-electron chi connectivity index (χ3n) is 2.89. The molecule has 2 fully saturated rings. The molecule has 0 aromatic heterocycles. The maximum Gasteiger partial charge on any atom is 0.0207 e. The largest absolute Gasteiger partial charge is 0.315 e. The van der Waals surface area contributed by atoms with Gasteiger partial charge in [0.25, 0.3) is 0 Å². The topological polar surface area (TPSA) is 24.1 Å². The standard InChI is InChI=1S/C9H18N2.2ClH/c1-2-4-8(3-1)11-9-5-6-10-7-9;;/h8-11H,1-7H2;2*1H/t9-;;/m0../s1. The van der Waals surface area contributed by atoms with Crippen LogP contribution in [0.5, 0.6) is 0 Å². The van der Waals surface area contributed by atoms with E-state index in [2.05, 4.69) is 10.6 Å². The third-order valence-corrected chi connectivity index (χ3v) is 2.89. The molecule has 4 heteroatoms. The second-order valence-corrected chi connectivity index (χ2v) is 3.84. The summed E-state index contributed by atoms with van der Waals surface area (Å²) < 4.78 is 0. The van der Waals surface area contributed by atoms with Gasteiger partial charge in [-0.3, -0.25) is 0 Å². The number of halogens is 2. The summed E-state index contributed by atoms with van der Waals surface area (Å²) in [5.74, 6) is 0. The number of nitrogens with one attached hydrogen (secondary N) is 2.